The topological polar surface area (TPSA) is 110 Å². The first-order chi connectivity index (χ1) is 16.7. The average Bonchev–Trinajstić information content (AvgIpc) is 3.13. The van der Waals surface area contributed by atoms with Crippen LogP contribution in [0.3, 0.4) is 0 Å². The third-order valence-corrected chi connectivity index (χ3v) is 7.83. The lowest BCUT2D eigenvalue weighted by atomic mass is 10.1. The van der Waals surface area contributed by atoms with Crippen LogP contribution < -0.4 is 16.0 Å². The van der Waals surface area contributed by atoms with Crippen molar-refractivity contribution in [2.45, 2.75) is 50.6 Å². The van der Waals surface area contributed by atoms with Gasteiger partial charge in [0.25, 0.3) is 5.56 Å². The standard InChI is InChI=1S/C25H30N4O5S/c1-18-8-7-9-19(14-18)16-26-35(33,34)20-10-11-22-21(15-20)24(31)29(25(32)27(22)2)17-23(30)28-12-5-3-4-6-13-28/h7-11,14-15,26H,3-6,12-13,16-17H2,1-2H3. The summed E-state index contributed by atoms with van der Waals surface area (Å²) in [5, 5.41) is 0.0641. The van der Waals surface area contributed by atoms with Crippen molar-refractivity contribution >= 4 is 26.8 Å². The van der Waals surface area contributed by atoms with E-state index in [1.54, 1.807) is 4.90 Å². The van der Waals surface area contributed by atoms with Gasteiger partial charge in [-0.2, -0.15) is 0 Å². The van der Waals surface area contributed by atoms with Crippen molar-refractivity contribution in [1.82, 2.24) is 18.8 Å². The Hall–Kier alpha value is -3.24. The van der Waals surface area contributed by atoms with E-state index in [1.165, 1.54) is 29.8 Å². The van der Waals surface area contributed by atoms with Crippen LogP contribution in [0.1, 0.15) is 36.8 Å². The minimum absolute atomic E-state index is 0.0641. The number of fused-ring (bicyclic) bond motifs is 1. The molecule has 1 aliphatic heterocycles. The van der Waals surface area contributed by atoms with Crippen LogP contribution in [-0.4, -0.2) is 41.4 Å². The van der Waals surface area contributed by atoms with Gasteiger partial charge >= 0.3 is 5.69 Å². The molecule has 2 heterocycles. The molecule has 186 valence electrons. The van der Waals surface area contributed by atoms with E-state index >= 15 is 0 Å². The fourth-order valence-electron chi connectivity index (χ4n) is 4.44. The fraction of sp³-hybridized carbons (Fsp3) is 0.400. The van der Waals surface area contributed by atoms with Crippen molar-refractivity contribution in [2.24, 2.45) is 7.05 Å². The predicted octanol–water partition coefficient (Wildman–Crippen LogP) is 1.89. The van der Waals surface area contributed by atoms with E-state index in [0.717, 1.165) is 41.4 Å². The van der Waals surface area contributed by atoms with E-state index in [1.807, 2.05) is 31.2 Å². The SMILES string of the molecule is Cc1cccc(CNS(=O)(=O)c2ccc3c(c2)c(=O)n(CC(=O)N2CCCCCC2)c(=O)n3C)c1. The van der Waals surface area contributed by atoms with E-state index in [-0.39, 0.29) is 29.3 Å². The van der Waals surface area contributed by atoms with Crippen LogP contribution in [0.15, 0.2) is 56.9 Å². The van der Waals surface area contributed by atoms with Crippen LogP contribution in [0.4, 0.5) is 0 Å². The highest BCUT2D eigenvalue weighted by atomic mass is 32.2. The van der Waals surface area contributed by atoms with Crippen molar-refractivity contribution in [2.75, 3.05) is 13.1 Å². The number of benzene rings is 2. The van der Waals surface area contributed by atoms with E-state index in [0.29, 0.717) is 18.6 Å². The van der Waals surface area contributed by atoms with Gasteiger partial charge in [0.1, 0.15) is 6.54 Å². The molecule has 1 aliphatic rings. The van der Waals surface area contributed by atoms with Gasteiger partial charge in [-0.1, -0.05) is 42.7 Å². The van der Waals surface area contributed by atoms with E-state index < -0.39 is 21.3 Å². The lowest BCUT2D eigenvalue weighted by molar-refractivity contribution is -0.131. The monoisotopic (exact) mass is 498 g/mol. The number of aryl methyl sites for hydroxylation is 2. The largest absolute Gasteiger partial charge is 0.341 e. The second-order valence-electron chi connectivity index (χ2n) is 9.02. The minimum Gasteiger partial charge on any atom is -0.341 e. The highest BCUT2D eigenvalue weighted by molar-refractivity contribution is 7.89. The van der Waals surface area contributed by atoms with Crippen molar-refractivity contribution in [3.05, 3.63) is 74.4 Å². The van der Waals surface area contributed by atoms with Gasteiger partial charge in [-0.05, 0) is 43.5 Å². The molecule has 0 saturated carbocycles. The molecule has 9 nitrogen and oxygen atoms in total. The number of likely N-dealkylation sites (tertiary alicyclic amines) is 1. The fourth-order valence-corrected chi connectivity index (χ4v) is 5.48. The molecule has 3 aromatic rings. The molecular formula is C25H30N4O5S. The molecule has 0 aliphatic carbocycles. The number of sulfonamides is 1. The molecule has 10 heteroatoms. The third kappa shape index (κ3) is 5.38. The summed E-state index contributed by atoms with van der Waals surface area (Å²) in [6.07, 6.45) is 3.90. The van der Waals surface area contributed by atoms with Crippen LogP contribution in [0.25, 0.3) is 10.9 Å². The lowest BCUT2D eigenvalue weighted by Crippen LogP contribution is -2.44. The summed E-state index contributed by atoms with van der Waals surface area (Å²) in [4.78, 5) is 40.6. The second-order valence-corrected chi connectivity index (χ2v) is 10.8. The molecule has 0 atom stereocenters. The summed E-state index contributed by atoms with van der Waals surface area (Å²) in [6, 6.07) is 11.6. The zero-order valence-electron chi connectivity index (χ0n) is 20.0. The van der Waals surface area contributed by atoms with Crippen molar-refractivity contribution in [1.29, 1.82) is 0 Å². The zero-order chi connectivity index (χ0) is 25.2. The van der Waals surface area contributed by atoms with Gasteiger partial charge in [0, 0.05) is 26.7 Å². The quantitative estimate of drug-likeness (QED) is 0.558. The number of amides is 1. The number of aromatic nitrogens is 2. The van der Waals surface area contributed by atoms with Gasteiger partial charge in [-0.15, -0.1) is 0 Å². The first-order valence-corrected chi connectivity index (χ1v) is 13.2. The van der Waals surface area contributed by atoms with Gasteiger partial charge in [0.2, 0.25) is 15.9 Å². The van der Waals surface area contributed by atoms with Crippen molar-refractivity contribution in [3.63, 3.8) is 0 Å². The summed E-state index contributed by atoms with van der Waals surface area (Å²) in [6.45, 7) is 2.87. The zero-order valence-corrected chi connectivity index (χ0v) is 20.8. The smallest absolute Gasteiger partial charge is 0.331 e. The Bertz CT molecular complexity index is 1480. The Morgan fingerprint density at radius 3 is 2.40 bits per heavy atom. The molecule has 0 radical (unpaired) electrons. The maximum Gasteiger partial charge on any atom is 0.331 e. The van der Waals surface area contributed by atoms with E-state index in [4.69, 9.17) is 0 Å². The second kappa shape index (κ2) is 10.2. The van der Waals surface area contributed by atoms with Gasteiger partial charge in [-0.25, -0.2) is 17.9 Å². The van der Waals surface area contributed by atoms with Crippen LogP contribution in [0, 0.1) is 6.92 Å². The van der Waals surface area contributed by atoms with Gasteiger partial charge in [0.05, 0.1) is 15.8 Å². The van der Waals surface area contributed by atoms with Crippen LogP contribution in [0.5, 0.6) is 0 Å². The molecule has 1 fully saturated rings. The summed E-state index contributed by atoms with van der Waals surface area (Å²) in [5.74, 6) is -0.283. The van der Waals surface area contributed by atoms with E-state index in [9.17, 15) is 22.8 Å². The van der Waals surface area contributed by atoms with Crippen molar-refractivity contribution in [3.8, 4) is 0 Å². The Labute approximate surface area is 204 Å². The Morgan fingerprint density at radius 1 is 1.00 bits per heavy atom. The van der Waals surface area contributed by atoms with Crippen LogP contribution in [0.2, 0.25) is 0 Å². The maximum atomic E-state index is 13.2. The average molecular weight is 499 g/mol. The molecule has 1 aromatic heterocycles. The predicted molar refractivity (Wildman–Crippen MR) is 134 cm³/mol. The van der Waals surface area contributed by atoms with Crippen LogP contribution >= 0.6 is 0 Å². The minimum atomic E-state index is -3.92. The van der Waals surface area contributed by atoms with E-state index in [2.05, 4.69) is 4.72 Å². The summed E-state index contributed by atoms with van der Waals surface area (Å²) in [7, 11) is -2.42. The van der Waals surface area contributed by atoms with Gasteiger partial charge in [0.15, 0.2) is 0 Å². The lowest BCUT2D eigenvalue weighted by Gasteiger charge is -2.21. The summed E-state index contributed by atoms with van der Waals surface area (Å²) < 4.78 is 30.6. The number of nitrogens with zero attached hydrogens (tertiary/aromatic N) is 3. The molecule has 4 rings (SSSR count). The number of nitrogens with one attached hydrogen (secondary N) is 1. The molecule has 1 amide bonds. The number of rotatable bonds is 6. The van der Waals surface area contributed by atoms with Gasteiger partial charge < -0.3 is 4.90 Å². The van der Waals surface area contributed by atoms with Gasteiger partial charge in [-0.3, -0.25) is 18.7 Å². The molecule has 1 N–H and O–H groups in total. The van der Waals surface area contributed by atoms with Crippen molar-refractivity contribution < 1.29 is 13.2 Å². The molecule has 2 aromatic carbocycles. The Balaban J connectivity index is 1.66. The third-order valence-electron chi connectivity index (χ3n) is 6.43. The highest BCUT2D eigenvalue weighted by Gasteiger charge is 2.21. The first kappa shape index (κ1) is 24.9. The molecule has 0 spiro atoms. The van der Waals surface area contributed by atoms with Crippen LogP contribution in [-0.2, 0) is 35.0 Å². The number of carbonyl (C=O) groups excluding carboxylic acids is 1. The maximum absolute atomic E-state index is 13.2. The molecule has 0 bridgehead atoms. The molecular weight excluding hydrogens is 468 g/mol. The summed E-state index contributed by atoms with van der Waals surface area (Å²) in [5.41, 5.74) is 0.840. The highest BCUT2D eigenvalue weighted by Crippen LogP contribution is 2.16. The number of carbonyl (C=O) groups is 1. The first-order valence-electron chi connectivity index (χ1n) is 11.7. The molecule has 35 heavy (non-hydrogen) atoms. The Morgan fingerprint density at radius 2 is 1.71 bits per heavy atom. The summed E-state index contributed by atoms with van der Waals surface area (Å²) >= 11 is 0. The number of hydrogen-bond donors (Lipinski definition) is 1. The number of hydrogen-bond acceptors (Lipinski definition) is 5. The Kier molecular flexibility index (Phi) is 7.23. The molecule has 0 unspecified atom stereocenters. The molecule has 1 saturated heterocycles. The normalized spacial score (nSPS) is 14.7.